The fraction of sp³-hybridized carbons (Fsp3) is 0.500. The van der Waals surface area contributed by atoms with Gasteiger partial charge in [0.2, 0.25) is 0 Å². The van der Waals surface area contributed by atoms with Crippen LogP contribution in [0.1, 0.15) is 42.9 Å². The quantitative estimate of drug-likeness (QED) is 0.759. The molecule has 0 fully saturated rings. The van der Waals surface area contributed by atoms with Gasteiger partial charge in [0, 0.05) is 37.7 Å². The number of aryl methyl sites for hydroxylation is 2. The van der Waals surface area contributed by atoms with E-state index in [1.54, 1.807) is 0 Å². The number of imidazole rings is 1. The zero-order valence-corrected chi connectivity index (χ0v) is 13.2. The van der Waals surface area contributed by atoms with Crippen molar-refractivity contribution in [1.82, 2.24) is 24.6 Å². The van der Waals surface area contributed by atoms with Gasteiger partial charge in [0.25, 0.3) is 0 Å². The molecule has 2 heterocycles. The summed E-state index contributed by atoms with van der Waals surface area (Å²) in [5.41, 5.74) is 2.30. The monoisotopic (exact) mass is 287 g/mol. The molecule has 0 aromatic carbocycles. The number of rotatable bonds is 8. The molecule has 21 heavy (non-hydrogen) atoms. The first kappa shape index (κ1) is 15.5. The lowest BCUT2D eigenvalue weighted by molar-refractivity contribution is 0.459. The Hall–Kier alpha value is -1.88. The predicted octanol–water partition coefficient (Wildman–Crippen LogP) is 2.74. The van der Waals surface area contributed by atoms with Crippen molar-refractivity contribution in [3.8, 4) is 0 Å². The molecule has 0 aliphatic carbocycles. The summed E-state index contributed by atoms with van der Waals surface area (Å²) < 4.78 is 4.01. The lowest BCUT2D eigenvalue weighted by atomic mass is 10.1. The van der Waals surface area contributed by atoms with Crippen molar-refractivity contribution < 1.29 is 0 Å². The van der Waals surface area contributed by atoms with E-state index in [0.717, 1.165) is 37.4 Å². The second-order valence-electron chi connectivity index (χ2n) is 5.37. The van der Waals surface area contributed by atoms with E-state index in [1.807, 2.05) is 37.1 Å². The van der Waals surface area contributed by atoms with E-state index in [0.29, 0.717) is 0 Å². The number of nitrogens with zero attached hydrogens (tertiary/aromatic N) is 4. The van der Waals surface area contributed by atoms with Gasteiger partial charge in [-0.25, -0.2) is 4.98 Å². The van der Waals surface area contributed by atoms with E-state index < -0.39 is 0 Å². The van der Waals surface area contributed by atoms with Crippen molar-refractivity contribution in [2.45, 2.75) is 45.8 Å². The first-order valence-electron chi connectivity index (χ1n) is 7.50. The van der Waals surface area contributed by atoms with Crippen molar-refractivity contribution in [3.05, 3.63) is 48.3 Å². The third-order valence-corrected chi connectivity index (χ3v) is 3.65. The van der Waals surface area contributed by atoms with Crippen molar-refractivity contribution >= 4 is 0 Å². The van der Waals surface area contributed by atoms with Crippen LogP contribution < -0.4 is 5.32 Å². The van der Waals surface area contributed by atoms with Crippen LogP contribution in [0.4, 0.5) is 0 Å². The van der Waals surface area contributed by atoms with E-state index in [1.165, 1.54) is 5.56 Å². The predicted molar refractivity (Wildman–Crippen MR) is 84.9 cm³/mol. The van der Waals surface area contributed by atoms with Gasteiger partial charge < -0.3 is 9.88 Å². The molecule has 0 radical (unpaired) electrons. The van der Waals surface area contributed by atoms with Crippen LogP contribution in [-0.2, 0) is 20.1 Å². The summed E-state index contributed by atoms with van der Waals surface area (Å²) >= 11 is 0. The molecule has 2 aromatic heterocycles. The summed E-state index contributed by atoms with van der Waals surface area (Å²) in [6, 6.07) is 0.275. The maximum Gasteiger partial charge on any atom is 0.125 e. The number of hydrogen-bond donors (Lipinski definition) is 1. The Morgan fingerprint density at radius 2 is 2.29 bits per heavy atom. The molecular weight excluding hydrogens is 262 g/mol. The topological polar surface area (TPSA) is 47.7 Å². The highest BCUT2D eigenvalue weighted by atomic mass is 15.3. The average Bonchev–Trinajstić information content (AvgIpc) is 3.02. The number of hydrogen-bond acceptors (Lipinski definition) is 3. The first-order valence-corrected chi connectivity index (χ1v) is 7.50. The first-order chi connectivity index (χ1) is 10.2. The van der Waals surface area contributed by atoms with Gasteiger partial charge in [-0.15, -0.1) is 6.58 Å². The average molecular weight is 287 g/mol. The summed E-state index contributed by atoms with van der Waals surface area (Å²) in [7, 11) is 2.04. The van der Waals surface area contributed by atoms with Gasteiger partial charge in [0.15, 0.2) is 0 Å². The Balaban J connectivity index is 2.05. The number of aromatic nitrogens is 4. The van der Waals surface area contributed by atoms with Gasteiger partial charge in [0.05, 0.1) is 18.3 Å². The molecule has 0 spiro atoms. The Morgan fingerprint density at radius 3 is 2.90 bits per heavy atom. The molecular formula is C16H25N5. The van der Waals surface area contributed by atoms with E-state index in [9.17, 15) is 0 Å². The van der Waals surface area contributed by atoms with Crippen molar-refractivity contribution in [3.63, 3.8) is 0 Å². The summed E-state index contributed by atoms with van der Waals surface area (Å²) in [6.45, 7) is 9.55. The lowest BCUT2D eigenvalue weighted by Crippen LogP contribution is -2.23. The maximum atomic E-state index is 4.49. The highest BCUT2D eigenvalue weighted by Crippen LogP contribution is 2.17. The molecule has 0 amide bonds. The maximum absolute atomic E-state index is 4.49. The zero-order chi connectivity index (χ0) is 15.2. The summed E-state index contributed by atoms with van der Waals surface area (Å²) in [6.07, 6.45) is 9.99. The number of nitrogens with one attached hydrogen (secondary N) is 1. The van der Waals surface area contributed by atoms with Crippen molar-refractivity contribution in [1.29, 1.82) is 0 Å². The van der Waals surface area contributed by atoms with E-state index in [-0.39, 0.29) is 6.04 Å². The van der Waals surface area contributed by atoms with Gasteiger partial charge in [0.1, 0.15) is 5.82 Å². The minimum absolute atomic E-state index is 0.275. The van der Waals surface area contributed by atoms with Crippen LogP contribution in [0.25, 0.3) is 0 Å². The van der Waals surface area contributed by atoms with E-state index >= 15 is 0 Å². The standard InChI is InChI=1S/C16H25N5/c1-5-7-15(16-17-8-10-20(16)4)18-11-14-12-21(9-6-2)19-13(14)3/h6,8,10,12,15,18H,2,5,7,9,11H2,1,3-4H3. The Labute approximate surface area is 126 Å². The molecule has 2 aromatic rings. The van der Waals surface area contributed by atoms with E-state index in [4.69, 9.17) is 0 Å². The largest absolute Gasteiger partial charge is 0.337 e. The highest BCUT2D eigenvalue weighted by molar-refractivity contribution is 5.16. The molecule has 0 saturated carbocycles. The van der Waals surface area contributed by atoms with Gasteiger partial charge in [-0.1, -0.05) is 19.4 Å². The summed E-state index contributed by atoms with van der Waals surface area (Å²) in [5.74, 6) is 1.09. The normalized spacial score (nSPS) is 12.5. The Kier molecular flexibility index (Phi) is 5.33. The SMILES string of the molecule is C=CCn1cc(CNC(CCC)c2nccn2C)c(C)n1. The molecule has 5 heteroatoms. The summed E-state index contributed by atoms with van der Waals surface area (Å²) in [5, 5.41) is 8.10. The van der Waals surface area contributed by atoms with E-state index in [2.05, 4.69) is 39.7 Å². The van der Waals surface area contributed by atoms with Crippen LogP contribution in [0.2, 0.25) is 0 Å². The van der Waals surface area contributed by atoms with Crippen LogP contribution in [0.15, 0.2) is 31.2 Å². The molecule has 2 rings (SSSR count). The second-order valence-corrected chi connectivity index (χ2v) is 5.37. The Morgan fingerprint density at radius 1 is 1.48 bits per heavy atom. The molecule has 1 unspecified atom stereocenters. The lowest BCUT2D eigenvalue weighted by Gasteiger charge is -2.17. The third kappa shape index (κ3) is 3.82. The molecule has 114 valence electrons. The molecule has 0 saturated heterocycles. The fourth-order valence-corrected chi connectivity index (χ4v) is 2.52. The molecule has 0 aliphatic rings. The zero-order valence-electron chi connectivity index (χ0n) is 13.2. The van der Waals surface area contributed by atoms with Crippen molar-refractivity contribution in [2.24, 2.45) is 7.05 Å². The highest BCUT2D eigenvalue weighted by Gasteiger charge is 2.15. The van der Waals surface area contributed by atoms with Crippen molar-refractivity contribution in [2.75, 3.05) is 0 Å². The molecule has 0 bridgehead atoms. The van der Waals surface area contributed by atoms with Crippen LogP contribution >= 0.6 is 0 Å². The minimum atomic E-state index is 0.275. The van der Waals surface area contributed by atoms with Crippen LogP contribution in [0.3, 0.4) is 0 Å². The van der Waals surface area contributed by atoms with Gasteiger partial charge >= 0.3 is 0 Å². The molecule has 1 atom stereocenters. The van der Waals surface area contributed by atoms with Crippen LogP contribution in [0, 0.1) is 6.92 Å². The van der Waals surface area contributed by atoms with Gasteiger partial charge in [-0.2, -0.15) is 5.10 Å². The minimum Gasteiger partial charge on any atom is -0.337 e. The van der Waals surface area contributed by atoms with Gasteiger partial charge in [-0.05, 0) is 13.3 Å². The van der Waals surface area contributed by atoms with Crippen LogP contribution in [0.5, 0.6) is 0 Å². The fourth-order valence-electron chi connectivity index (χ4n) is 2.52. The second kappa shape index (κ2) is 7.22. The van der Waals surface area contributed by atoms with Crippen LogP contribution in [-0.4, -0.2) is 19.3 Å². The molecule has 5 nitrogen and oxygen atoms in total. The smallest absolute Gasteiger partial charge is 0.125 e. The van der Waals surface area contributed by atoms with Gasteiger partial charge in [-0.3, -0.25) is 4.68 Å². The third-order valence-electron chi connectivity index (χ3n) is 3.65. The summed E-state index contributed by atoms with van der Waals surface area (Å²) in [4.78, 5) is 4.47. The number of allylic oxidation sites excluding steroid dienone is 1. The molecule has 1 N–H and O–H groups in total. The Bertz CT molecular complexity index is 581. The molecule has 0 aliphatic heterocycles.